The second kappa shape index (κ2) is 7.40. The van der Waals surface area contributed by atoms with E-state index in [2.05, 4.69) is 10.6 Å². The topological polar surface area (TPSA) is 102 Å². The van der Waals surface area contributed by atoms with E-state index in [1.165, 1.54) is 12.1 Å². The third-order valence-electron chi connectivity index (χ3n) is 3.49. The maximum absolute atomic E-state index is 11.9. The second-order valence-electron chi connectivity index (χ2n) is 5.43. The van der Waals surface area contributed by atoms with Gasteiger partial charge >= 0.3 is 11.8 Å². The molecule has 2 aromatic rings. The SMILES string of the molecule is CC(O)(CNC(=O)C(=O)Nc1ccccc1C#N)c1ccccc1. The largest absolute Gasteiger partial charge is 0.384 e. The zero-order valence-electron chi connectivity index (χ0n) is 13.1. The highest BCUT2D eigenvalue weighted by molar-refractivity contribution is 6.39. The summed E-state index contributed by atoms with van der Waals surface area (Å²) in [7, 11) is 0. The number of amides is 2. The molecule has 122 valence electrons. The van der Waals surface area contributed by atoms with Gasteiger partial charge in [-0.05, 0) is 24.6 Å². The molecule has 1 unspecified atom stereocenters. The number of hydrogen-bond donors (Lipinski definition) is 3. The first kappa shape index (κ1) is 17.2. The van der Waals surface area contributed by atoms with Crippen molar-refractivity contribution in [2.24, 2.45) is 0 Å². The highest BCUT2D eigenvalue weighted by Gasteiger charge is 2.25. The number of hydrogen-bond acceptors (Lipinski definition) is 4. The number of nitrogens with zero attached hydrogens (tertiary/aromatic N) is 1. The highest BCUT2D eigenvalue weighted by Crippen LogP contribution is 2.19. The first-order valence-electron chi connectivity index (χ1n) is 7.30. The average Bonchev–Trinajstić information content (AvgIpc) is 2.61. The maximum Gasteiger partial charge on any atom is 0.313 e. The lowest BCUT2D eigenvalue weighted by Gasteiger charge is -2.24. The van der Waals surface area contributed by atoms with Crippen LogP contribution in [0.2, 0.25) is 0 Å². The molecule has 2 amide bonds. The Morgan fingerprint density at radius 3 is 2.38 bits per heavy atom. The van der Waals surface area contributed by atoms with Gasteiger partial charge in [0.1, 0.15) is 11.7 Å². The summed E-state index contributed by atoms with van der Waals surface area (Å²) in [5.41, 5.74) is -0.160. The minimum Gasteiger partial charge on any atom is -0.384 e. The first-order chi connectivity index (χ1) is 11.4. The number of anilines is 1. The predicted octanol–water partition coefficient (Wildman–Crippen LogP) is 1.52. The molecule has 6 nitrogen and oxygen atoms in total. The molecule has 0 heterocycles. The van der Waals surface area contributed by atoms with E-state index < -0.39 is 17.4 Å². The maximum atomic E-state index is 11.9. The van der Waals surface area contributed by atoms with Crippen molar-refractivity contribution in [1.82, 2.24) is 5.32 Å². The van der Waals surface area contributed by atoms with E-state index in [-0.39, 0.29) is 17.8 Å². The van der Waals surface area contributed by atoms with E-state index in [0.717, 1.165) is 0 Å². The lowest BCUT2D eigenvalue weighted by Crippen LogP contribution is -2.43. The molecule has 0 aliphatic carbocycles. The summed E-state index contributed by atoms with van der Waals surface area (Å²) in [6.45, 7) is 1.43. The molecule has 3 N–H and O–H groups in total. The predicted molar refractivity (Wildman–Crippen MR) is 88.8 cm³/mol. The van der Waals surface area contributed by atoms with Crippen LogP contribution in [0.15, 0.2) is 54.6 Å². The van der Waals surface area contributed by atoms with E-state index in [1.54, 1.807) is 43.3 Å². The van der Waals surface area contributed by atoms with Crippen LogP contribution < -0.4 is 10.6 Å². The van der Waals surface area contributed by atoms with Crippen LogP contribution in [0.1, 0.15) is 18.1 Å². The van der Waals surface area contributed by atoms with Gasteiger partial charge < -0.3 is 15.7 Å². The molecule has 0 saturated heterocycles. The molecule has 0 aliphatic rings. The normalized spacial score (nSPS) is 12.5. The molecule has 1 atom stereocenters. The Morgan fingerprint density at radius 2 is 1.71 bits per heavy atom. The fraction of sp³-hybridized carbons (Fsp3) is 0.167. The Bertz CT molecular complexity index is 780. The summed E-state index contributed by atoms with van der Waals surface area (Å²) in [5, 5.41) is 24.1. The summed E-state index contributed by atoms with van der Waals surface area (Å²) in [6, 6.07) is 17.1. The fourth-order valence-corrected chi connectivity index (χ4v) is 2.10. The molecule has 6 heteroatoms. The minimum absolute atomic E-state index is 0.122. The number of nitrogens with one attached hydrogen (secondary N) is 2. The van der Waals surface area contributed by atoms with Crippen LogP contribution in [-0.4, -0.2) is 23.5 Å². The van der Waals surface area contributed by atoms with Gasteiger partial charge in [-0.2, -0.15) is 5.26 Å². The Labute approximate surface area is 139 Å². The first-order valence-corrected chi connectivity index (χ1v) is 7.30. The molecule has 0 bridgehead atoms. The van der Waals surface area contributed by atoms with Gasteiger partial charge in [-0.3, -0.25) is 9.59 Å². The number of carbonyl (C=O) groups is 2. The average molecular weight is 323 g/mol. The van der Waals surface area contributed by atoms with Gasteiger partial charge in [0.2, 0.25) is 0 Å². The van der Waals surface area contributed by atoms with E-state index >= 15 is 0 Å². The summed E-state index contributed by atoms with van der Waals surface area (Å²) >= 11 is 0. The van der Waals surface area contributed by atoms with Gasteiger partial charge in [-0.25, -0.2) is 0 Å². The van der Waals surface area contributed by atoms with Crippen molar-refractivity contribution in [3.05, 3.63) is 65.7 Å². The van der Waals surface area contributed by atoms with Gasteiger partial charge in [0.25, 0.3) is 0 Å². The van der Waals surface area contributed by atoms with Gasteiger partial charge in [0.15, 0.2) is 0 Å². The molecular formula is C18H17N3O3. The van der Waals surface area contributed by atoms with E-state index in [4.69, 9.17) is 5.26 Å². The Hall–Kier alpha value is -3.17. The standard InChI is InChI=1S/C18H17N3O3/c1-18(24,14-8-3-2-4-9-14)12-20-16(22)17(23)21-15-10-6-5-7-13(15)11-19/h2-10,24H,12H2,1H3,(H,20,22)(H,21,23). The molecule has 0 aromatic heterocycles. The minimum atomic E-state index is -1.30. The number of nitriles is 1. The summed E-state index contributed by atoms with van der Waals surface area (Å²) in [6.07, 6.45) is 0. The second-order valence-corrected chi connectivity index (χ2v) is 5.43. The third kappa shape index (κ3) is 4.18. The van der Waals surface area contributed by atoms with Gasteiger partial charge in [0, 0.05) is 0 Å². The number of benzene rings is 2. The zero-order chi connectivity index (χ0) is 17.6. The van der Waals surface area contributed by atoms with Crippen molar-refractivity contribution in [3.63, 3.8) is 0 Å². The summed E-state index contributed by atoms with van der Waals surface area (Å²) in [5.74, 6) is -1.79. The van der Waals surface area contributed by atoms with Crippen LogP contribution in [0.3, 0.4) is 0 Å². The van der Waals surface area contributed by atoms with Crippen molar-refractivity contribution >= 4 is 17.5 Å². The van der Waals surface area contributed by atoms with Crippen molar-refractivity contribution in [3.8, 4) is 6.07 Å². The smallest absolute Gasteiger partial charge is 0.313 e. The fourth-order valence-electron chi connectivity index (χ4n) is 2.10. The van der Waals surface area contributed by atoms with E-state index in [1.807, 2.05) is 12.1 Å². The number of rotatable bonds is 4. The molecule has 0 aliphatic heterocycles. The van der Waals surface area contributed by atoms with Crippen LogP contribution in [0.5, 0.6) is 0 Å². The zero-order valence-corrected chi connectivity index (χ0v) is 13.1. The van der Waals surface area contributed by atoms with Crippen molar-refractivity contribution in [2.45, 2.75) is 12.5 Å². The molecule has 2 rings (SSSR count). The van der Waals surface area contributed by atoms with Gasteiger partial charge in [-0.1, -0.05) is 42.5 Å². The molecule has 0 saturated carbocycles. The summed E-state index contributed by atoms with van der Waals surface area (Å²) in [4.78, 5) is 23.8. The molecule has 0 fully saturated rings. The third-order valence-corrected chi connectivity index (χ3v) is 3.49. The highest BCUT2D eigenvalue weighted by atomic mass is 16.3. The number of aliphatic hydroxyl groups is 1. The molecular weight excluding hydrogens is 306 g/mol. The van der Waals surface area contributed by atoms with E-state index in [9.17, 15) is 14.7 Å². The monoisotopic (exact) mass is 323 g/mol. The Balaban J connectivity index is 1.97. The number of carbonyl (C=O) groups excluding carboxylic acids is 2. The molecule has 24 heavy (non-hydrogen) atoms. The van der Waals surface area contributed by atoms with Crippen molar-refractivity contribution in [2.75, 3.05) is 11.9 Å². The molecule has 2 aromatic carbocycles. The van der Waals surface area contributed by atoms with Crippen LogP contribution in [0, 0.1) is 11.3 Å². The number of para-hydroxylation sites is 1. The van der Waals surface area contributed by atoms with Crippen LogP contribution in [-0.2, 0) is 15.2 Å². The lowest BCUT2D eigenvalue weighted by molar-refractivity contribution is -0.136. The van der Waals surface area contributed by atoms with Gasteiger partial charge in [-0.15, -0.1) is 0 Å². The Morgan fingerprint density at radius 1 is 1.08 bits per heavy atom. The summed E-state index contributed by atoms with van der Waals surface area (Å²) < 4.78 is 0. The molecule has 0 radical (unpaired) electrons. The van der Waals surface area contributed by atoms with Crippen LogP contribution in [0.4, 0.5) is 5.69 Å². The van der Waals surface area contributed by atoms with Crippen molar-refractivity contribution < 1.29 is 14.7 Å². The van der Waals surface area contributed by atoms with Gasteiger partial charge in [0.05, 0.1) is 17.8 Å². The quantitative estimate of drug-likeness (QED) is 0.742. The lowest BCUT2D eigenvalue weighted by atomic mass is 9.96. The van der Waals surface area contributed by atoms with E-state index in [0.29, 0.717) is 5.56 Å². The molecule has 0 spiro atoms. The van der Waals surface area contributed by atoms with Crippen molar-refractivity contribution in [1.29, 1.82) is 5.26 Å². The van der Waals surface area contributed by atoms with Crippen LogP contribution >= 0.6 is 0 Å². The van der Waals surface area contributed by atoms with Crippen LogP contribution in [0.25, 0.3) is 0 Å². The Kier molecular flexibility index (Phi) is 5.30.